The second-order valence-corrected chi connectivity index (χ2v) is 6.32. The van der Waals surface area contributed by atoms with E-state index in [0.717, 1.165) is 11.4 Å². The Bertz CT molecular complexity index is 560. The molecule has 0 amide bonds. The molecule has 0 radical (unpaired) electrons. The Kier molecular flexibility index (Phi) is 5.20. The van der Waals surface area contributed by atoms with Crippen LogP contribution in [0.2, 0.25) is 5.02 Å². The van der Waals surface area contributed by atoms with Gasteiger partial charge in [0, 0.05) is 23.3 Å². The molecular formula is C15H21ClN4O. The first-order valence-electron chi connectivity index (χ1n) is 6.95. The highest BCUT2D eigenvalue weighted by molar-refractivity contribution is 6.30. The number of hydrogen-bond donors (Lipinski definition) is 1. The van der Waals surface area contributed by atoms with E-state index in [0.29, 0.717) is 24.7 Å². The van der Waals surface area contributed by atoms with Gasteiger partial charge in [-0.05, 0) is 45.0 Å². The van der Waals surface area contributed by atoms with E-state index in [1.165, 1.54) is 0 Å². The number of rotatable bonds is 6. The third-order valence-electron chi connectivity index (χ3n) is 2.79. The molecule has 6 heteroatoms. The number of nitrogens with one attached hydrogen (secondary N) is 1. The van der Waals surface area contributed by atoms with Crippen molar-refractivity contribution < 1.29 is 4.74 Å². The summed E-state index contributed by atoms with van der Waals surface area (Å²) in [6.45, 7) is 8.27. The zero-order valence-electron chi connectivity index (χ0n) is 12.6. The van der Waals surface area contributed by atoms with Crippen LogP contribution >= 0.6 is 11.6 Å². The number of halogens is 1. The molecule has 0 saturated heterocycles. The second kappa shape index (κ2) is 6.91. The SMILES string of the molecule is CC(C)(C)NCc1cn(CCOc2ccc(Cl)cc2)nn1. The fourth-order valence-electron chi connectivity index (χ4n) is 1.67. The van der Waals surface area contributed by atoms with Gasteiger partial charge in [-0.1, -0.05) is 16.8 Å². The van der Waals surface area contributed by atoms with Crippen molar-refractivity contribution in [1.29, 1.82) is 0 Å². The zero-order valence-corrected chi connectivity index (χ0v) is 13.4. The van der Waals surface area contributed by atoms with Crippen molar-refractivity contribution in [2.45, 2.75) is 39.4 Å². The average molecular weight is 309 g/mol. The van der Waals surface area contributed by atoms with Crippen molar-refractivity contribution >= 4 is 11.6 Å². The summed E-state index contributed by atoms with van der Waals surface area (Å²) >= 11 is 5.82. The van der Waals surface area contributed by atoms with Crippen molar-refractivity contribution in [2.75, 3.05) is 6.61 Å². The van der Waals surface area contributed by atoms with Crippen LogP contribution in [0.5, 0.6) is 5.75 Å². The molecule has 21 heavy (non-hydrogen) atoms. The fourth-order valence-corrected chi connectivity index (χ4v) is 1.80. The molecule has 1 N–H and O–H groups in total. The Labute approximate surface area is 130 Å². The molecule has 1 aromatic carbocycles. The first kappa shape index (κ1) is 15.8. The Morgan fingerprint density at radius 3 is 2.62 bits per heavy atom. The molecule has 1 heterocycles. The van der Waals surface area contributed by atoms with E-state index in [-0.39, 0.29) is 5.54 Å². The maximum atomic E-state index is 5.82. The van der Waals surface area contributed by atoms with Crippen LogP contribution in [-0.2, 0) is 13.1 Å². The number of nitrogens with zero attached hydrogens (tertiary/aromatic N) is 3. The lowest BCUT2D eigenvalue weighted by Gasteiger charge is -2.19. The quantitative estimate of drug-likeness (QED) is 0.891. The summed E-state index contributed by atoms with van der Waals surface area (Å²) in [5, 5.41) is 12.3. The zero-order chi connectivity index (χ0) is 15.3. The molecule has 0 aliphatic carbocycles. The summed E-state index contributed by atoms with van der Waals surface area (Å²) in [6, 6.07) is 7.32. The van der Waals surface area contributed by atoms with Gasteiger partial charge in [0.1, 0.15) is 12.4 Å². The van der Waals surface area contributed by atoms with Gasteiger partial charge in [-0.15, -0.1) is 5.10 Å². The van der Waals surface area contributed by atoms with Crippen LogP contribution in [0.1, 0.15) is 26.5 Å². The average Bonchev–Trinajstić information content (AvgIpc) is 2.86. The minimum Gasteiger partial charge on any atom is -0.492 e. The maximum absolute atomic E-state index is 5.82. The first-order valence-corrected chi connectivity index (χ1v) is 7.32. The molecule has 0 bridgehead atoms. The van der Waals surface area contributed by atoms with Crippen LogP contribution in [0.3, 0.4) is 0 Å². The number of hydrogen-bond acceptors (Lipinski definition) is 4. The van der Waals surface area contributed by atoms with Gasteiger partial charge < -0.3 is 10.1 Å². The van der Waals surface area contributed by atoms with E-state index < -0.39 is 0 Å². The monoisotopic (exact) mass is 308 g/mol. The Morgan fingerprint density at radius 1 is 1.24 bits per heavy atom. The lowest BCUT2D eigenvalue weighted by molar-refractivity contribution is 0.289. The molecule has 2 rings (SSSR count). The smallest absolute Gasteiger partial charge is 0.119 e. The van der Waals surface area contributed by atoms with Gasteiger partial charge in [0.25, 0.3) is 0 Å². The molecule has 0 atom stereocenters. The molecule has 0 unspecified atom stereocenters. The largest absolute Gasteiger partial charge is 0.492 e. The lowest BCUT2D eigenvalue weighted by atomic mass is 10.1. The minimum absolute atomic E-state index is 0.0709. The standard InChI is InChI=1S/C15H21ClN4O/c1-15(2,3)17-10-13-11-20(19-18-13)8-9-21-14-6-4-12(16)5-7-14/h4-7,11,17H,8-10H2,1-3H3. The Morgan fingerprint density at radius 2 is 1.95 bits per heavy atom. The second-order valence-electron chi connectivity index (χ2n) is 5.88. The molecule has 5 nitrogen and oxygen atoms in total. The first-order chi connectivity index (χ1) is 9.92. The fraction of sp³-hybridized carbons (Fsp3) is 0.467. The van der Waals surface area contributed by atoms with Crippen LogP contribution in [0.15, 0.2) is 30.5 Å². The number of benzene rings is 1. The summed E-state index contributed by atoms with van der Waals surface area (Å²) in [5.74, 6) is 0.800. The minimum atomic E-state index is 0.0709. The van der Waals surface area contributed by atoms with Crippen molar-refractivity contribution in [3.63, 3.8) is 0 Å². The summed E-state index contributed by atoms with van der Waals surface area (Å²) < 4.78 is 7.41. The third kappa shape index (κ3) is 5.73. The van der Waals surface area contributed by atoms with Crippen molar-refractivity contribution in [3.05, 3.63) is 41.2 Å². The molecule has 0 aliphatic heterocycles. The highest BCUT2D eigenvalue weighted by atomic mass is 35.5. The van der Waals surface area contributed by atoms with Crippen molar-refractivity contribution in [2.24, 2.45) is 0 Å². The van der Waals surface area contributed by atoms with E-state index in [9.17, 15) is 0 Å². The van der Waals surface area contributed by atoms with Gasteiger partial charge in [-0.2, -0.15) is 0 Å². The van der Waals surface area contributed by atoms with Gasteiger partial charge in [0.2, 0.25) is 0 Å². The lowest BCUT2D eigenvalue weighted by Crippen LogP contribution is -2.35. The molecule has 0 spiro atoms. The topological polar surface area (TPSA) is 52.0 Å². The van der Waals surface area contributed by atoms with E-state index in [1.54, 1.807) is 4.68 Å². The van der Waals surface area contributed by atoms with Crippen molar-refractivity contribution in [1.82, 2.24) is 20.3 Å². The van der Waals surface area contributed by atoms with E-state index in [4.69, 9.17) is 16.3 Å². The molecular weight excluding hydrogens is 288 g/mol. The summed E-state index contributed by atoms with van der Waals surface area (Å²) in [6.07, 6.45) is 1.93. The highest BCUT2D eigenvalue weighted by Crippen LogP contribution is 2.15. The predicted molar refractivity (Wildman–Crippen MR) is 83.6 cm³/mol. The summed E-state index contributed by atoms with van der Waals surface area (Å²) in [5.41, 5.74) is 0.998. The molecule has 0 saturated carbocycles. The van der Waals surface area contributed by atoms with Crippen LogP contribution in [0, 0.1) is 0 Å². The normalized spacial score (nSPS) is 11.6. The van der Waals surface area contributed by atoms with Gasteiger partial charge in [-0.25, -0.2) is 4.68 Å². The maximum Gasteiger partial charge on any atom is 0.119 e. The molecule has 1 aromatic heterocycles. The Balaban J connectivity index is 1.76. The predicted octanol–water partition coefficient (Wildman–Crippen LogP) is 2.90. The van der Waals surface area contributed by atoms with Gasteiger partial charge in [0.05, 0.1) is 12.2 Å². The van der Waals surface area contributed by atoms with Crippen LogP contribution in [0.25, 0.3) is 0 Å². The van der Waals surface area contributed by atoms with E-state index in [1.807, 2.05) is 30.5 Å². The van der Waals surface area contributed by atoms with Gasteiger partial charge >= 0.3 is 0 Å². The summed E-state index contributed by atoms with van der Waals surface area (Å²) in [4.78, 5) is 0. The number of ether oxygens (including phenoxy) is 1. The van der Waals surface area contributed by atoms with Crippen LogP contribution < -0.4 is 10.1 Å². The molecule has 114 valence electrons. The highest BCUT2D eigenvalue weighted by Gasteiger charge is 2.10. The van der Waals surface area contributed by atoms with Crippen LogP contribution in [0.4, 0.5) is 0 Å². The molecule has 0 aliphatic rings. The van der Waals surface area contributed by atoms with E-state index >= 15 is 0 Å². The van der Waals surface area contributed by atoms with Gasteiger partial charge in [0.15, 0.2) is 0 Å². The van der Waals surface area contributed by atoms with Gasteiger partial charge in [-0.3, -0.25) is 0 Å². The van der Waals surface area contributed by atoms with Crippen molar-refractivity contribution in [3.8, 4) is 5.75 Å². The Hall–Kier alpha value is -1.59. The third-order valence-corrected chi connectivity index (χ3v) is 3.04. The molecule has 0 fully saturated rings. The number of aromatic nitrogens is 3. The van der Waals surface area contributed by atoms with E-state index in [2.05, 4.69) is 36.4 Å². The molecule has 2 aromatic rings. The van der Waals surface area contributed by atoms with Crippen LogP contribution in [-0.4, -0.2) is 27.1 Å². The summed E-state index contributed by atoms with van der Waals surface area (Å²) in [7, 11) is 0.